The number of nitro groups is 1. The Hall–Kier alpha value is -3.52. The SMILES string of the molecule is N#Cc1ccc(OCC(O)CN2CC3CC(CN(CCNC(=O)c4ccc([N+](=O)[O-])cc4)C3)C2)cc1. The summed E-state index contributed by atoms with van der Waals surface area (Å²) in [4.78, 5) is 27.3. The molecule has 3 unspecified atom stereocenters. The molecule has 0 saturated carbocycles. The maximum atomic E-state index is 12.3. The number of rotatable bonds is 10. The van der Waals surface area contributed by atoms with Gasteiger partial charge in [-0.05, 0) is 54.7 Å². The van der Waals surface area contributed by atoms with Gasteiger partial charge in [0.05, 0.1) is 16.6 Å². The first-order valence-corrected chi connectivity index (χ1v) is 12.2. The Bertz CT molecular complexity index is 1070. The van der Waals surface area contributed by atoms with Gasteiger partial charge in [-0.1, -0.05) is 0 Å². The molecule has 2 aliphatic heterocycles. The Morgan fingerprint density at radius 2 is 1.75 bits per heavy atom. The predicted molar refractivity (Wildman–Crippen MR) is 133 cm³/mol. The molecule has 2 aliphatic rings. The van der Waals surface area contributed by atoms with Crippen LogP contribution in [0.1, 0.15) is 22.3 Å². The molecule has 190 valence electrons. The Labute approximate surface area is 210 Å². The van der Waals surface area contributed by atoms with E-state index in [2.05, 4.69) is 21.2 Å². The van der Waals surface area contributed by atoms with Crippen molar-refractivity contribution in [3.63, 3.8) is 0 Å². The molecule has 0 aromatic heterocycles. The van der Waals surface area contributed by atoms with E-state index in [0.29, 0.717) is 41.8 Å². The summed E-state index contributed by atoms with van der Waals surface area (Å²) in [6, 6.07) is 14.5. The van der Waals surface area contributed by atoms with Crippen molar-refractivity contribution in [2.45, 2.75) is 12.5 Å². The lowest BCUT2D eigenvalue weighted by Gasteiger charge is -2.46. The van der Waals surface area contributed by atoms with Crippen LogP contribution in [-0.4, -0.2) is 84.3 Å². The lowest BCUT2D eigenvalue weighted by molar-refractivity contribution is -0.384. The first-order chi connectivity index (χ1) is 17.4. The number of hydrogen-bond donors (Lipinski definition) is 2. The maximum absolute atomic E-state index is 12.3. The zero-order valence-electron chi connectivity index (χ0n) is 20.1. The Kier molecular flexibility index (Phi) is 8.48. The fourth-order valence-electron chi connectivity index (χ4n) is 5.16. The molecule has 0 spiro atoms. The normalized spacial score (nSPS) is 20.8. The molecule has 1 amide bonds. The third-order valence-corrected chi connectivity index (χ3v) is 6.68. The second kappa shape index (κ2) is 11.9. The molecule has 2 aromatic rings. The number of carbonyl (C=O) groups is 1. The number of nitrogens with zero attached hydrogens (tertiary/aromatic N) is 4. The van der Waals surface area contributed by atoms with Gasteiger partial charge in [-0.3, -0.25) is 19.8 Å². The van der Waals surface area contributed by atoms with Gasteiger partial charge in [0.25, 0.3) is 11.6 Å². The summed E-state index contributed by atoms with van der Waals surface area (Å²) >= 11 is 0. The molecule has 3 atom stereocenters. The minimum atomic E-state index is -0.592. The van der Waals surface area contributed by atoms with Crippen molar-refractivity contribution < 1.29 is 19.6 Å². The van der Waals surface area contributed by atoms with Crippen LogP contribution in [-0.2, 0) is 0 Å². The summed E-state index contributed by atoms with van der Waals surface area (Å²) in [6.07, 6.45) is 0.588. The van der Waals surface area contributed by atoms with Crippen molar-refractivity contribution >= 4 is 11.6 Å². The molecular formula is C26H31N5O5. The lowest BCUT2D eigenvalue weighted by atomic mass is 9.84. The van der Waals surface area contributed by atoms with Gasteiger partial charge in [-0.2, -0.15) is 5.26 Å². The summed E-state index contributed by atoms with van der Waals surface area (Å²) in [5, 5.41) is 33.0. The van der Waals surface area contributed by atoms with Crippen LogP contribution in [0, 0.1) is 33.3 Å². The number of carbonyl (C=O) groups excluding carboxylic acids is 1. The van der Waals surface area contributed by atoms with E-state index in [1.165, 1.54) is 30.7 Å². The van der Waals surface area contributed by atoms with Crippen molar-refractivity contribution in [2.75, 3.05) is 52.4 Å². The van der Waals surface area contributed by atoms with Gasteiger partial charge in [0, 0.05) is 63.5 Å². The van der Waals surface area contributed by atoms with Gasteiger partial charge in [-0.15, -0.1) is 0 Å². The number of nitro benzene ring substituents is 1. The van der Waals surface area contributed by atoms with Crippen LogP contribution in [0.4, 0.5) is 5.69 Å². The van der Waals surface area contributed by atoms with Crippen molar-refractivity contribution in [1.82, 2.24) is 15.1 Å². The fraction of sp³-hybridized carbons (Fsp3) is 0.462. The summed E-state index contributed by atoms with van der Waals surface area (Å²) in [5.41, 5.74) is 0.948. The van der Waals surface area contributed by atoms with E-state index in [1.54, 1.807) is 24.3 Å². The van der Waals surface area contributed by atoms with E-state index in [4.69, 9.17) is 10.00 Å². The molecule has 2 N–H and O–H groups in total. The molecule has 2 saturated heterocycles. The van der Waals surface area contributed by atoms with E-state index in [9.17, 15) is 20.0 Å². The van der Waals surface area contributed by atoms with E-state index in [0.717, 1.165) is 32.7 Å². The number of nitriles is 1. The smallest absolute Gasteiger partial charge is 0.269 e. The average molecular weight is 494 g/mol. The molecule has 4 rings (SSSR count). The molecule has 0 aliphatic carbocycles. The van der Waals surface area contributed by atoms with E-state index >= 15 is 0 Å². The maximum Gasteiger partial charge on any atom is 0.269 e. The minimum absolute atomic E-state index is 0.0354. The summed E-state index contributed by atoms with van der Waals surface area (Å²) in [7, 11) is 0. The van der Waals surface area contributed by atoms with Gasteiger partial charge in [0.1, 0.15) is 18.5 Å². The van der Waals surface area contributed by atoms with Gasteiger partial charge < -0.3 is 20.1 Å². The van der Waals surface area contributed by atoms with Crippen molar-refractivity contribution in [1.29, 1.82) is 5.26 Å². The second-order valence-corrected chi connectivity index (χ2v) is 9.61. The van der Waals surface area contributed by atoms with Crippen LogP contribution >= 0.6 is 0 Å². The van der Waals surface area contributed by atoms with E-state index in [1.807, 2.05) is 0 Å². The van der Waals surface area contributed by atoms with Crippen molar-refractivity contribution in [3.05, 3.63) is 69.8 Å². The second-order valence-electron chi connectivity index (χ2n) is 9.61. The largest absolute Gasteiger partial charge is 0.491 e. The third-order valence-electron chi connectivity index (χ3n) is 6.68. The number of likely N-dealkylation sites (tertiary alicyclic amines) is 2. The fourth-order valence-corrected chi connectivity index (χ4v) is 5.16. The van der Waals surface area contributed by atoms with Gasteiger partial charge in [0.2, 0.25) is 0 Å². The molecule has 0 radical (unpaired) electrons. The number of β-amino-alcohol motifs (C(OH)–C–C–N with tert-alkyl or cyclic N) is 1. The average Bonchev–Trinajstić information content (AvgIpc) is 2.87. The topological polar surface area (TPSA) is 132 Å². The molecule has 2 fully saturated rings. The molecular weight excluding hydrogens is 462 g/mol. The van der Waals surface area contributed by atoms with Crippen LogP contribution in [0.15, 0.2) is 48.5 Å². The number of hydrogen-bond acceptors (Lipinski definition) is 8. The summed E-state index contributed by atoms with van der Waals surface area (Å²) < 4.78 is 5.67. The standard InChI is InChI=1S/C26H31N5O5/c27-12-19-1-7-25(8-2-19)36-18-24(32)17-30-15-20-11-21(16-30)14-29(13-20)10-9-28-26(33)22-3-5-23(6-4-22)31(34)35/h1-8,20-21,24,32H,9-11,13-18H2,(H,28,33). The minimum Gasteiger partial charge on any atom is -0.491 e. The van der Waals surface area contributed by atoms with Crippen LogP contribution in [0.2, 0.25) is 0 Å². The molecule has 2 heterocycles. The molecule has 10 heteroatoms. The predicted octanol–water partition coefficient (Wildman–Crippen LogP) is 1.89. The molecule has 2 aromatic carbocycles. The molecule has 2 bridgehead atoms. The number of benzene rings is 2. The lowest BCUT2D eigenvalue weighted by Crippen LogP contribution is -2.55. The van der Waals surface area contributed by atoms with Gasteiger partial charge in [0.15, 0.2) is 0 Å². The Balaban J connectivity index is 1.16. The molecule has 36 heavy (non-hydrogen) atoms. The number of ether oxygens (including phenoxy) is 1. The van der Waals surface area contributed by atoms with Crippen molar-refractivity contribution in [2.24, 2.45) is 11.8 Å². The number of aliphatic hydroxyl groups is 1. The number of amides is 1. The number of non-ortho nitro benzene ring substituents is 1. The Morgan fingerprint density at radius 1 is 1.11 bits per heavy atom. The zero-order chi connectivity index (χ0) is 25.5. The highest BCUT2D eigenvalue weighted by Gasteiger charge is 2.34. The first kappa shape index (κ1) is 25.6. The Morgan fingerprint density at radius 3 is 2.36 bits per heavy atom. The van der Waals surface area contributed by atoms with Crippen LogP contribution < -0.4 is 10.1 Å². The highest BCUT2D eigenvalue weighted by Crippen LogP contribution is 2.28. The third kappa shape index (κ3) is 7.01. The van der Waals surface area contributed by atoms with E-state index < -0.39 is 11.0 Å². The number of nitrogens with one attached hydrogen (secondary N) is 1. The van der Waals surface area contributed by atoms with E-state index in [-0.39, 0.29) is 18.2 Å². The van der Waals surface area contributed by atoms with Crippen molar-refractivity contribution in [3.8, 4) is 11.8 Å². The van der Waals surface area contributed by atoms with Crippen LogP contribution in [0.5, 0.6) is 5.75 Å². The van der Waals surface area contributed by atoms with Crippen LogP contribution in [0.25, 0.3) is 0 Å². The highest BCUT2D eigenvalue weighted by molar-refractivity contribution is 5.94. The number of aliphatic hydroxyl groups excluding tert-OH is 1. The number of piperidine rings is 2. The first-order valence-electron chi connectivity index (χ1n) is 12.2. The highest BCUT2D eigenvalue weighted by atomic mass is 16.6. The number of fused-ring (bicyclic) bond motifs is 2. The van der Waals surface area contributed by atoms with Gasteiger partial charge >= 0.3 is 0 Å². The summed E-state index contributed by atoms with van der Waals surface area (Å²) in [5.74, 6) is 1.45. The van der Waals surface area contributed by atoms with Crippen LogP contribution in [0.3, 0.4) is 0 Å². The quantitative estimate of drug-likeness (QED) is 0.379. The van der Waals surface area contributed by atoms with Gasteiger partial charge in [-0.25, -0.2) is 0 Å². The monoisotopic (exact) mass is 493 g/mol. The molecule has 10 nitrogen and oxygen atoms in total. The summed E-state index contributed by atoms with van der Waals surface area (Å²) in [6.45, 7) is 5.81. The zero-order valence-corrected chi connectivity index (χ0v) is 20.1.